The average Bonchev–Trinajstić information content (AvgIpc) is 3.42. The lowest BCUT2D eigenvalue weighted by Gasteiger charge is -2.23. The Morgan fingerprint density at radius 3 is 2.56 bits per heavy atom. The maximum atomic E-state index is 12.4. The topological polar surface area (TPSA) is 121 Å². The van der Waals surface area contributed by atoms with Crippen molar-refractivity contribution in [3.63, 3.8) is 0 Å². The maximum absolute atomic E-state index is 12.4. The zero-order valence-electron chi connectivity index (χ0n) is 20.1. The third-order valence-corrected chi connectivity index (χ3v) is 5.20. The summed E-state index contributed by atoms with van der Waals surface area (Å²) in [5.74, 6) is -0.576. The van der Waals surface area contributed by atoms with Crippen molar-refractivity contribution in [3.05, 3.63) is 30.0 Å². The van der Waals surface area contributed by atoms with Crippen LogP contribution in [-0.2, 0) is 14.4 Å². The molecule has 1 aliphatic rings. The third-order valence-electron chi connectivity index (χ3n) is 4.97. The molecule has 2 aromatic rings. The SMILES string of the molecule is CC(C)C.COc1cccc2[nH]c(C(=O)NCC(=O)CN(C[C@@H]3CCNC3=O)C(=O)CCl)cc12. The van der Waals surface area contributed by atoms with Crippen LogP contribution in [0.25, 0.3) is 10.9 Å². The zero-order valence-corrected chi connectivity index (χ0v) is 20.8. The lowest BCUT2D eigenvalue weighted by Crippen LogP contribution is -2.44. The first-order chi connectivity index (χ1) is 16.2. The van der Waals surface area contributed by atoms with E-state index in [1.165, 1.54) is 4.90 Å². The largest absolute Gasteiger partial charge is 0.496 e. The number of nitrogens with one attached hydrogen (secondary N) is 3. The number of methoxy groups -OCH3 is 1. The van der Waals surface area contributed by atoms with Gasteiger partial charge in [0.1, 0.15) is 17.3 Å². The second kappa shape index (κ2) is 13.0. The minimum atomic E-state index is -0.452. The van der Waals surface area contributed by atoms with E-state index < -0.39 is 11.8 Å². The van der Waals surface area contributed by atoms with Gasteiger partial charge in [0.25, 0.3) is 5.91 Å². The molecule has 0 saturated carbocycles. The quantitative estimate of drug-likeness (QED) is 0.464. The molecule has 10 heteroatoms. The van der Waals surface area contributed by atoms with Crippen LogP contribution in [-0.4, -0.2) is 72.6 Å². The van der Waals surface area contributed by atoms with Gasteiger partial charge in [0, 0.05) is 24.0 Å². The lowest BCUT2D eigenvalue weighted by molar-refractivity contribution is -0.134. The van der Waals surface area contributed by atoms with E-state index >= 15 is 0 Å². The molecule has 1 aliphatic heterocycles. The minimum absolute atomic E-state index is 0.124. The number of nitrogens with zero attached hydrogens (tertiary/aromatic N) is 1. The Morgan fingerprint density at radius 2 is 1.97 bits per heavy atom. The molecule has 1 aromatic heterocycles. The molecule has 0 bridgehead atoms. The lowest BCUT2D eigenvalue weighted by atomic mass is 10.1. The molecule has 1 fully saturated rings. The van der Waals surface area contributed by atoms with Gasteiger partial charge in [-0.15, -0.1) is 11.6 Å². The number of aromatic amines is 1. The molecule has 0 aliphatic carbocycles. The van der Waals surface area contributed by atoms with Crippen LogP contribution in [0.1, 0.15) is 37.7 Å². The third kappa shape index (κ3) is 7.76. The molecule has 186 valence electrons. The van der Waals surface area contributed by atoms with E-state index in [4.69, 9.17) is 16.3 Å². The number of amides is 3. The van der Waals surface area contributed by atoms with Gasteiger partial charge in [0.15, 0.2) is 5.78 Å². The number of hydrogen-bond acceptors (Lipinski definition) is 5. The van der Waals surface area contributed by atoms with Crippen LogP contribution in [0.3, 0.4) is 0 Å². The molecule has 9 nitrogen and oxygen atoms in total. The number of hydrogen-bond donors (Lipinski definition) is 3. The molecule has 3 amide bonds. The first-order valence-corrected chi connectivity index (χ1v) is 11.8. The number of carbonyl (C=O) groups excluding carboxylic acids is 4. The minimum Gasteiger partial charge on any atom is -0.496 e. The molecule has 1 atom stereocenters. The molecule has 0 radical (unpaired) electrons. The summed E-state index contributed by atoms with van der Waals surface area (Å²) < 4.78 is 5.28. The normalized spacial score (nSPS) is 14.9. The Kier molecular flexibility index (Phi) is 10.4. The number of ether oxygens (including phenoxy) is 1. The van der Waals surface area contributed by atoms with E-state index in [-0.39, 0.29) is 43.1 Å². The fraction of sp³-hybridized carbons (Fsp3) is 0.500. The summed E-state index contributed by atoms with van der Waals surface area (Å²) >= 11 is 5.64. The van der Waals surface area contributed by atoms with Crippen molar-refractivity contribution < 1.29 is 23.9 Å². The number of alkyl halides is 1. The van der Waals surface area contributed by atoms with Crippen molar-refractivity contribution in [2.45, 2.75) is 27.2 Å². The van der Waals surface area contributed by atoms with Crippen molar-refractivity contribution in [2.75, 3.05) is 39.2 Å². The van der Waals surface area contributed by atoms with Crippen LogP contribution in [0.15, 0.2) is 24.3 Å². The van der Waals surface area contributed by atoms with Crippen LogP contribution in [0.4, 0.5) is 0 Å². The molecule has 2 heterocycles. The van der Waals surface area contributed by atoms with Crippen molar-refractivity contribution in [3.8, 4) is 5.75 Å². The van der Waals surface area contributed by atoms with Gasteiger partial charge in [-0.1, -0.05) is 26.8 Å². The van der Waals surface area contributed by atoms with Gasteiger partial charge in [-0.2, -0.15) is 0 Å². The highest BCUT2D eigenvalue weighted by Crippen LogP contribution is 2.25. The molecule has 1 saturated heterocycles. The molecule has 0 spiro atoms. The van der Waals surface area contributed by atoms with Crippen LogP contribution in [0, 0.1) is 11.8 Å². The molecule has 34 heavy (non-hydrogen) atoms. The van der Waals surface area contributed by atoms with E-state index in [0.29, 0.717) is 24.4 Å². The number of halogens is 1. The van der Waals surface area contributed by atoms with Crippen molar-refractivity contribution in [1.82, 2.24) is 20.5 Å². The van der Waals surface area contributed by atoms with Crippen LogP contribution >= 0.6 is 11.6 Å². The summed E-state index contributed by atoms with van der Waals surface area (Å²) in [5.41, 5.74) is 1.03. The van der Waals surface area contributed by atoms with Gasteiger partial charge >= 0.3 is 0 Å². The fourth-order valence-corrected chi connectivity index (χ4v) is 3.56. The molecule has 1 aromatic carbocycles. The van der Waals surface area contributed by atoms with Gasteiger partial charge in [-0.3, -0.25) is 19.2 Å². The number of carbonyl (C=O) groups is 4. The first kappa shape index (κ1) is 27.2. The molecule has 3 N–H and O–H groups in total. The highest BCUT2D eigenvalue weighted by Gasteiger charge is 2.29. The van der Waals surface area contributed by atoms with Gasteiger partial charge in [-0.25, -0.2) is 0 Å². The van der Waals surface area contributed by atoms with E-state index in [1.807, 2.05) is 6.07 Å². The molecule has 0 unspecified atom stereocenters. The predicted molar refractivity (Wildman–Crippen MR) is 131 cm³/mol. The van der Waals surface area contributed by atoms with E-state index in [0.717, 1.165) is 16.8 Å². The Bertz CT molecular complexity index is 1020. The zero-order chi connectivity index (χ0) is 25.3. The summed E-state index contributed by atoms with van der Waals surface area (Å²) in [6.45, 7) is 6.69. The van der Waals surface area contributed by atoms with Gasteiger partial charge in [0.05, 0.1) is 26.1 Å². The van der Waals surface area contributed by atoms with Crippen molar-refractivity contribution >= 4 is 46.0 Å². The Balaban J connectivity index is 0.000000945. The smallest absolute Gasteiger partial charge is 0.268 e. The standard InChI is InChI=1S/C20H23ClN4O5.C4H10/c1-30-17-4-2-3-15-14(17)7-16(24-15)20(29)23-9-13(26)11-25(18(27)8-21)10-12-5-6-22-19(12)28;1-4(2)3/h2-4,7,12,24H,5-6,8-11H2,1H3,(H,22,28)(H,23,29);4H,1-3H3/t12-;/m0./s1. The van der Waals surface area contributed by atoms with Crippen LogP contribution < -0.4 is 15.4 Å². The number of Topliss-reactive ketones (excluding diaryl/α,β-unsaturated/α-hetero) is 1. The first-order valence-electron chi connectivity index (χ1n) is 11.2. The van der Waals surface area contributed by atoms with Crippen molar-refractivity contribution in [1.29, 1.82) is 0 Å². The van der Waals surface area contributed by atoms with Gasteiger partial charge in [-0.05, 0) is 30.5 Å². The molecular formula is C24H33ClN4O5. The Hall–Kier alpha value is -3.07. The second-order valence-electron chi connectivity index (χ2n) is 8.74. The van der Waals surface area contributed by atoms with E-state index in [2.05, 4.69) is 36.4 Å². The fourth-order valence-electron chi connectivity index (χ4n) is 3.39. The predicted octanol–water partition coefficient (Wildman–Crippen LogP) is 2.34. The Labute approximate surface area is 204 Å². The van der Waals surface area contributed by atoms with Crippen molar-refractivity contribution in [2.24, 2.45) is 11.8 Å². The van der Waals surface area contributed by atoms with Crippen LogP contribution in [0.5, 0.6) is 5.75 Å². The molecular weight excluding hydrogens is 460 g/mol. The maximum Gasteiger partial charge on any atom is 0.268 e. The number of rotatable bonds is 9. The van der Waals surface area contributed by atoms with Gasteiger partial charge in [0.2, 0.25) is 11.8 Å². The van der Waals surface area contributed by atoms with E-state index in [9.17, 15) is 19.2 Å². The average molecular weight is 493 g/mol. The number of fused-ring (bicyclic) bond motifs is 1. The van der Waals surface area contributed by atoms with E-state index in [1.54, 1.807) is 25.3 Å². The second-order valence-corrected chi connectivity index (χ2v) is 9.01. The number of ketones is 1. The monoisotopic (exact) mass is 492 g/mol. The number of H-pyrrole nitrogens is 1. The number of aromatic nitrogens is 1. The summed E-state index contributed by atoms with van der Waals surface area (Å²) in [5, 5.41) is 6.00. The number of benzene rings is 1. The summed E-state index contributed by atoms with van der Waals surface area (Å²) in [6.07, 6.45) is 0.597. The molecule has 3 rings (SSSR count). The summed E-state index contributed by atoms with van der Waals surface area (Å²) in [6, 6.07) is 7.05. The summed E-state index contributed by atoms with van der Waals surface area (Å²) in [7, 11) is 1.54. The summed E-state index contributed by atoms with van der Waals surface area (Å²) in [4.78, 5) is 52.9. The van der Waals surface area contributed by atoms with Gasteiger partial charge < -0.3 is 25.3 Å². The Morgan fingerprint density at radius 1 is 1.26 bits per heavy atom. The van der Waals surface area contributed by atoms with Crippen LogP contribution in [0.2, 0.25) is 0 Å². The highest BCUT2D eigenvalue weighted by molar-refractivity contribution is 6.27. The highest BCUT2D eigenvalue weighted by atomic mass is 35.5.